The maximum atomic E-state index is 6.79. The second-order valence-electron chi connectivity index (χ2n) is 2.11. The third-order valence-corrected chi connectivity index (χ3v) is 0.692. The Morgan fingerprint density at radius 2 is 2.22 bits per heavy atom. The third kappa shape index (κ3) is 7.01. The van der Waals surface area contributed by atoms with Crippen molar-refractivity contribution in [2.75, 3.05) is 0 Å². The summed E-state index contributed by atoms with van der Waals surface area (Å²) in [5.41, 5.74) is 5.04. The van der Waals surface area contributed by atoms with E-state index in [0.717, 1.165) is 0 Å². The van der Waals surface area contributed by atoms with Crippen LogP contribution in [0.15, 0.2) is 12.3 Å². The fraction of sp³-hybridized carbons (Fsp3) is 0.500. The topological polar surface area (TPSA) is 61.9 Å². The van der Waals surface area contributed by atoms with Gasteiger partial charge in [-0.1, -0.05) is 0 Å². The molecule has 0 spiro atoms. The Balaban J connectivity index is 3.36. The van der Waals surface area contributed by atoms with Crippen LogP contribution in [0.3, 0.4) is 0 Å². The standard InChI is InChI=1S/C6H13N3/c1-5(2)9-4-3-6(7)8/h3-5,9H,1-2H3,(H3,7,8)/b4-3-. The van der Waals surface area contributed by atoms with Crippen molar-refractivity contribution >= 4 is 5.84 Å². The average molecular weight is 127 g/mol. The maximum Gasteiger partial charge on any atom is 0.116 e. The van der Waals surface area contributed by atoms with E-state index in [9.17, 15) is 0 Å². The molecule has 0 aliphatic carbocycles. The summed E-state index contributed by atoms with van der Waals surface area (Å²) in [6.45, 7) is 4.04. The first-order chi connectivity index (χ1) is 4.13. The van der Waals surface area contributed by atoms with Crippen LogP contribution in [0.25, 0.3) is 0 Å². The van der Waals surface area contributed by atoms with Gasteiger partial charge in [0.25, 0.3) is 0 Å². The van der Waals surface area contributed by atoms with Gasteiger partial charge in [-0.2, -0.15) is 0 Å². The summed E-state index contributed by atoms with van der Waals surface area (Å²) in [4.78, 5) is 0. The van der Waals surface area contributed by atoms with Crippen molar-refractivity contribution in [1.82, 2.24) is 5.32 Å². The second-order valence-corrected chi connectivity index (χ2v) is 2.11. The lowest BCUT2D eigenvalue weighted by Gasteiger charge is -2.01. The number of rotatable bonds is 3. The molecule has 0 heterocycles. The minimum absolute atomic E-state index is 0.0724. The first-order valence-corrected chi connectivity index (χ1v) is 2.89. The number of nitrogens with two attached hydrogens (primary N) is 1. The molecule has 0 aromatic rings. The first kappa shape index (κ1) is 8.01. The molecule has 3 nitrogen and oxygen atoms in total. The van der Waals surface area contributed by atoms with Crippen molar-refractivity contribution in [2.45, 2.75) is 19.9 Å². The molecule has 0 fully saturated rings. The van der Waals surface area contributed by atoms with E-state index in [1.165, 1.54) is 6.08 Å². The van der Waals surface area contributed by atoms with Crippen LogP contribution in [0, 0.1) is 5.41 Å². The summed E-state index contributed by atoms with van der Waals surface area (Å²) >= 11 is 0. The van der Waals surface area contributed by atoms with E-state index in [0.29, 0.717) is 6.04 Å². The van der Waals surface area contributed by atoms with Crippen LogP contribution in [0.5, 0.6) is 0 Å². The van der Waals surface area contributed by atoms with E-state index in [4.69, 9.17) is 11.1 Å². The van der Waals surface area contributed by atoms with Gasteiger partial charge >= 0.3 is 0 Å². The molecule has 0 aromatic carbocycles. The fourth-order valence-electron chi connectivity index (χ4n) is 0.330. The first-order valence-electron chi connectivity index (χ1n) is 2.89. The number of hydrogen-bond acceptors (Lipinski definition) is 2. The zero-order chi connectivity index (χ0) is 7.28. The lowest BCUT2D eigenvalue weighted by atomic mass is 10.4. The summed E-state index contributed by atoms with van der Waals surface area (Å²) in [6, 6.07) is 0.403. The molecular weight excluding hydrogens is 114 g/mol. The Labute approximate surface area is 55.4 Å². The van der Waals surface area contributed by atoms with Gasteiger partial charge in [0.1, 0.15) is 5.84 Å². The van der Waals surface area contributed by atoms with E-state index >= 15 is 0 Å². The summed E-state index contributed by atoms with van der Waals surface area (Å²) in [7, 11) is 0. The van der Waals surface area contributed by atoms with E-state index < -0.39 is 0 Å². The average Bonchev–Trinajstić information content (AvgIpc) is 1.63. The molecule has 52 valence electrons. The van der Waals surface area contributed by atoms with Gasteiger partial charge in [-0.05, 0) is 19.9 Å². The van der Waals surface area contributed by atoms with Crippen molar-refractivity contribution in [3.8, 4) is 0 Å². The van der Waals surface area contributed by atoms with Gasteiger partial charge in [-0.3, -0.25) is 5.41 Å². The smallest absolute Gasteiger partial charge is 0.116 e. The van der Waals surface area contributed by atoms with E-state index in [1.54, 1.807) is 6.20 Å². The molecule has 0 unspecified atom stereocenters. The van der Waals surface area contributed by atoms with E-state index in [2.05, 4.69) is 5.32 Å². The molecule has 0 saturated heterocycles. The molecule has 0 saturated carbocycles. The minimum Gasteiger partial charge on any atom is -0.389 e. The Bertz CT molecular complexity index is 115. The lowest BCUT2D eigenvalue weighted by molar-refractivity contribution is 0.703. The molecule has 4 N–H and O–H groups in total. The summed E-state index contributed by atoms with van der Waals surface area (Å²) in [6.07, 6.45) is 3.19. The van der Waals surface area contributed by atoms with Gasteiger partial charge < -0.3 is 11.1 Å². The minimum atomic E-state index is 0.0724. The molecule has 9 heavy (non-hydrogen) atoms. The Hall–Kier alpha value is -0.990. The van der Waals surface area contributed by atoms with Crippen LogP contribution < -0.4 is 11.1 Å². The van der Waals surface area contributed by atoms with Crippen molar-refractivity contribution in [3.63, 3.8) is 0 Å². The van der Waals surface area contributed by atoms with Gasteiger partial charge in [0.15, 0.2) is 0 Å². The SMILES string of the molecule is CC(C)N/C=C\C(=N)N. The lowest BCUT2D eigenvalue weighted by Crippen LogP contribution is -2.16. The molecular formula is C6H13N3. The van der Waals surface area contributed by atoms with Crippen LogP contribution in [-0.2, 0) is 0 Å². The van der Waals surface area contributed by atoms with Gasteiger partial charge in [-0.15, -0.1) is 0 Å². The Morgan fingerprint density at radius 3 is 2.56 bits per heavy atom. The molecule has 0 aromatic heterocycles. The molecule has 0 aliphatic rings. The fourth-order valence-corrected chi connectivity index (χ4v) is 0.330. The van der Waals surface area contributed by atoms with E-state index in [1.807, 2.05) is 13.8 Å². The molecule has 0 radical (unpaired) electrons. The summed E-state index contributed by atoms with van der Waals surface area (Å²) < 4.78 is 0. The molecule has 0 amide bonds. The molecule has 3 heteroatoms. The predicted molar refractivity (Wildman–Crippen MR) is 39.3 cm³/mol. The quantitative estimate of drug-likeness (QED) is 0.380. The monoisotopic (exact) mass is 127 g/mol. The van der Waals surface area contributed by atoms with Crippen LogP contribution in [-0.4, -0.2) is 11.9 Å². The largest absolute Gasteiger partial charge is 0.389 e. The van der Waals surface area contributed by atoms with Crippen LogP contribution >= 0.6 is 0 Å². The summed E-state index contributed by atoms with van der Waals surface area (Å²) in [5, 5.41) is 9.76. The third-order valence-electron chi connectivity index (χ3n) is 0.692. The Kier molecular flexibility index (Phi) is 3.51. The predicted octanol–water partition coefficient (Wildman–Crippen LogP) is 0.434. The van der Waals surface area contributed by atoms with Gasteiger partial charge in [0, 0.05) is 12.2 Å². The molecule has 0 bridgehead atoms. The normalized spacial score (nSPS) is 10.6. The summed E-state index contributed by atoms with van der Waals surface area (Å²) in [5.74, 6) is 0.0724. The van der Waals surface area contributed by atoms with Gasteiger partial charge in [0.05, 0.1) is 0 Å². The zero-order valence-electron chi connectivity index (χ0n) is 5.81. The highest BCUT2D eigenvalue weighted by Crippen LogP contribution is 1.74. The van der Waals surface area contributed by atoms with Crippen molar-refractivity contribution in [2.24, 2.45) is 5.73 Å². The van der Waals surface area contributed by atoms with Crippen LogP contribution in [0.2, 0.25) is 0 Å². The number of nitrogens with one attached hydrogen (secondary N) is 2. The highest BCUT2D eigenvalue weighted by atomic mass is 14.9. The van der Waals surface area contributed by atoms with E-state index in [-0.39, 0.29) is 5.84 Å². The number of hydrogen-bond donors (Lipinski definition) is 3. The zero-order valence-corrected chi connectivity index (χ0v) is 5.81. The van der Waals surface area contributed by atoms with Crippen molar-refractivity contribution < 1.29 is 0 Å². The second kappa shape index (κ2) is 3.95. The maximum absolute atomic E-state index is 6.79. The Morgan fingerprint density at radius 1 is 1.67 bits per heavy atom. The highest BCUT2D eigenvalue weighted by molar-refractivity contribution is 5.88. The highest BCUT2D eigenvalue weighted by Gasteiger charge is 1.82. The van der Waals surface area contributed by atoms with Crippen LogP contribution in [0.1, 0.15) is 13.8 Å². The molecule has 0 aliphatic heterocycles. The van der Waals surface area contributed by atoms with Crippen molar-refractivity contribution in [1.29, 1.82) is 5.41 Å². The number of amidine groups is 1. The molecule has 0 atom stereocenters. The van der Waals surface area contributed by atoms with Gasteiger partial charge in [-0.25, -0.2) is 0 Å². The van der Waals surface area contributed by atoms with Crippen LogP contribution in [0.4, 0.5) is 0 Å². The molecule has 0 rings (SSSR count). The van der Waals surface area contributed by atoms with Gasteiger partial charge in [0.2, 0.25) is 0 Å². The van der Waals surface area contributed by atoms with Crippen molar-refractivity contribution in [3.05, 3.63) is 12.3 Å².